The zero-order chi connectivity index (χ0) is 40.1. The van der Waals surface area contributed by atoms with Crippen molar-refractivity contribution in [2.45, 2.75) is 123 Å². The Morgan fingerprint density at radius 1 is 1.04 bits per heavy atom. The fraction of sp³-hybridized carbons (Fsp3) is 0.683. The molecule has 1 aliphatic rings. The van der Waals surface area contributed by atoms with Gasteiger partial charge in [0.25, 0.3) is 0 Å². The number of methoxy groups -OCH3 is 2. The van der Waals surface area contributed by atoms with Crippen LogP contribution >= 0.6 is 11.3 Å². The topological polar surface area (TPSA) is 142 Å². The molecule has 13 heteroatoms. The molecule has 1 aliphatic heterocycles. The molecule has 302 valence electrons. The van der Waals surface area contributed by atoms with E-state index in [9.17, 15) is 19.2 Å². The van der Waals surface area contributed by atoms with E-state index < -0.39 is 36.3 Å². The number of hydrogen-bond donors (Lipinski definition) is 3. The van der Waals surface area contributed by atoms with Gasteiger partial charge in [0.05, 0.1) is 48.7 Å². The number of carbonyl (C=O) groups is 4. The maximum atomic E-state index is 14.3. The fourth-order valence-corrected chi connectivity index (χ4v) is 8.50. The van der Waals surface area contributed by atoms with Crippen molar-refractivity contribution in [3.05, 3.63) is 52.5 Å². The van der Waals surface area contributed by atoms with Crippen LogP contribution in [0.1, 0.15) is 90.8 Å². The Morgan fingerprint density at radius 2 is 1.72 bits per heavy atom. The van der Waals surface area contributed by atoms with Crippen LogP contribution in [0.15, 0.2) is 41.9 Å². The molecule has 0 radical (unpaired) electrons. The molecule has 0 aliphatic carbocycles. The molecule has 9 atom stereocenters. The average molecular weight is 768 g/mol. The molecular formula is C41H66N6O6S. The van der Waals surface area contributed by atoms with Crippen LogP contribution in [0.4, 0.5) is 0 Å². The maximum Gasteiger partial charge on any atom is 0.245 e. The Balaban J connectivity index is 1.78. The summed E-state index contributed by atoms with van der Waals surface area (Å²) in [5.41, 5.74) is 1.09. The lowest BCUT2D eigenvalue weighted by Crippen LogP contribution is -2.59. The van der Waals surface area contributed by atoms with Crippen molar-refractivity contribution in [1.82, 2.24) is 30.7 Å². The molecule has 3 rings (SSSR count). The van der Waals surface area contributed by atoms with Crippen LogP contribution in [0.25, 0.3) is 0 Å². The van der Waals surface area contributed by atoms with Gasteiger partial charge in [0.1, 0.15) is 11.0 Å². The summed E-state index contributed by atoms with van der Waals surface area (Å²) in [6.45, 7) is 14.3. The lowest BCUT2D eigenvalue weighted by molar-refractivity contribution is -0.147. The number of likely N-dealkylation sites (tertiary alicyclic amines) is 1. The SMILES string of the molecule is CC[C@H](C)[C@@H]([C@@H](CC(=O)N1CCC[C@H]1[C@H](OC)[C@@H](C)C(=O)N[C@@H](Cc1ccccc1)c1nccs1)OC)N(C)C(=O)[9C@@H](NC(=O)[C@@H](NC)C(C)C)C(C)C. The predicted molar refractivity (Wildman–Crippen MR) is 214 cm³/mol. The van der Waals surface area contributed by atoms with Crippen LogP contribution in [0.5, 0.6) is 0 Å². The minimum Gasteiger partial charge on any atom is -0.379 e. The second kappa shape index (κ2) is 21.6. The first-order valence-electron chi connectivity index (χ1n) is 19.5. The third-order valence-electron chi connectivity index (χ3n) is 11.1. The maximum absolute atomic E-state index is 14.3. The third kappa shape index (κ3) is 11.6. The Hall–Kier alpha value is -3.39. The van der Waals surface area contributed by atoms with E-state index in [-0.39, 0.29) is 59.9 Å². The zero-order valence-electron chi connectivity index (χ0n) is 34.3. The predicted octanol–water partition coefficient (Wildman–Crippen LogP) is 4.85. The van der Waals surface area contributed by atoms with Gasteiger partial charge < -0.3 is 35.2 Å². The van der Waals surface area contributed by atoms with Crippen molar-refractivity contribution in [2.24, 2.45) is 23.7 Å². The summed E-state index contributed by atoms with van der Waals surface area (Å²) < 4.78 is 12.1. The summed E-state index contributed by atoms with van der Waals surface area (Å²) >= 11 is 1.51. The summed E-state index contributed by atoms with van der Waals surface area (Å²) in [5.74, 6) is -1.41. The number of thiazole rings is 1. The van der Waals surface area contributed by atoms with Gasteiger partial charge >= 0.3 is 0 Å². The van der Waals surface area contributed by atoms with Crippen molar-refractivity contribution in [1.29, 1.82) is 0 Å². The Morgan fingerprint density at radius 3 is 2.26 bits per heavy atom. The monoisotopic (exact) mass is 768 g/mol. The zero-order valence-corrected chi connectivity index (χ0v) is 35.2. The number of aromatic nitrogens is 1. The highest BCUT2D eigenvalue weighted by molar-refractivity contribution is 7.09. The second-order valence-corrected chi connectivity index (χ2v) is 16.4. The van der Waals surface area contributed by atoms with Crippen LogP contribution in [0.3, 0.4) is 0 Å². The molecule has 4 amide bonds. The summed E-state index contributed by atoms with van der Waals surface area (Å²) in [7, 11) is 6.65. The van der Waals surface area contributed by atoms with E-state index in [1.165, 1.54) is 11.3 Å². The highest BCUT2D eigenvalue weighted by Gasteiger charge is 2.43. The molecule has 1 aromatic carbocycles. The number of nitrogens with zero attached hydrogens (tertiary/aromatic N) is 3. The van der Waals surface area contributed by atoms with E-state index in [1.54, 1.807) is 39.4 Å². The largest absolute Gasteiger partial charge is 0.379 e. The first-order chi connectivity index (χ1) is 25.7. The van der Waals surface area contributed by atoms with E-state index in [4.69, 9.17) is 9.47 Å². The van der Waals surface area contributed by atoms with Crippen LogP contribution in [-0.2, 0) is 35.1 Å². The number of ether oxygens (including phenoxy) is 2. The Bertz CT molecular complexity index is 1460. The molecule has 12 nitrogen and oxygen atoms in total. The third-order valence-corrected chi connectivity index (χ3v) is 12.0. The molecule has 0 spiro atoms. The summed E-state index contributed by atoms with van der Waals surface area (Å²) in [4.78, 5) is 63.6. The van der Waals surface area contributed by atoms with E-state index in [0.717, 1.165) is 23.4 Å². The van der Waals surface area contributed by atoms with Gasteiger partial charge in [0, 0.05) is 39.4 Å². The first-order valence-corrected chi connectivity index (χ1v) is 20.4. The Labute approximate surface area is 327 Å². The molecular weight excluding hydrogens is 702 g/mol. The van der Waals surface area contributed by atoms with Crippen molar-refractivity contribution in [3.8, 4) is 0 Å². The normalized spacial score (nSPS) is 19.1. The summed E-state index contributed by atoms with van der Waals surface area (Å²) in [6.07, 6.45) is 3.48. The number of nitrogens with one attached hydrogen (secondary N) is 3. The van der Waals surface area contributed by atoms with Gasteiger partial charge in [-0.25, -0.2) is 4.98 Å². The molecule has 1 fully saturated rings. The average Bonchev–Trinajstić information content (AvgIpc) is 3.87. The number of benzene rings is 1. The van der Waals surface area contributed by atoms with Crippen LogP contribution in [-0.4, -0.2) is 110 Å². The van der Waals surface area contributed by atoms with Crippen LogP contribution in [0, 0.1) is 23.7 Å². The van der Waals surface area contributed by atoms with Crippen LogP contribution < -0.4 is 16.0 Å². The molecule has 0 unspecified atom stereocenters. The van der Waals surface area contributed by atoms with Gasteiger partial charge in [-0.1, -0.05) is 85.2 Å². The van der Waals surface area contributed by atoms with Gasteiger partial charge in [-0.15, -0.1) is 11.3 Å². The first kappa shape index (κ1) is 45.0. The van der Waals surface area contributed by atoms with Crippen molar-refractivity contribution < 1.29 is 28.7 Å². The van der Waals surface area contributed by atoms with E-state index in [1.807, 2.05) is 75.2 Å². The number of carbonyl (C=O) groups excluding carboxylic acids is 4. The minimum absolute atomic E-state index is 0.00702. The highest BCUT2D eigenvalue weighted by Crippen LogP contribution is 2.30. The standard InChI is InChI=1S/C41H66N6O6S/c1-12-27(6)36(46(9)41(51)35(26(4)5)45-39(50)34(42-8)25(2)3)32(52-10)24-33(48)47-21-16-19-31(47)37(53-11)28(7)38(49)44-30(40-43-20-22-54-40)23-29-17-14-13-15-18-29/h13-15,17-18,20,22,25-28,30-32,34-37,42H,12,16,19,21,23-24H2,1-11H3,(H,44,49)(H,45,50)/t27-,28+,30-,31-,32+,34-,35-,36-,37+/m0/s1/i35-3. The Kier molecular flexibility index (Phi) is 18.0. The summed E-state index contributed by atoms with van der Waals surface area (Å²) in [5, 5.41) is 12.0. The van der Waals surface area contributed by atoms with Gasteiger partial charge in [-0.2, -0.15) is 0 Å². The van der Waals surface area contributed by atoms with Crippen molar-refractivity contribution in [3.63, 3.8) is 0 Å². The fourth-order valence-electron chi connectivity index (χ4n) is 7.81. The van der Waals surface area contributed by atoms with Gasteiger partial charge in [-0.05, 0) is 49.6 Å². The minimum atomic E-state index is -0.752. The molecule has 2 aromatic rings. The van der Waals surface area contributed by atoms with Gasteiger partial charge in [0.2, 0.25) is 23.6 Å². The highest BCUT2D eigenvalue weighted by atomic mass is 32.1. The molecule has 1 aromatic heterocycles. The number of rotatable bonds is 21. The molecule has 2 heterocycles. The van der Waals surface area contributed by atoms with Crippen molar-refractivity contribution >= 4 is 35.0 Å². The van der Waals surface area contributed by atoms with Gasteiger partial charge in [-0.3, -0.25) is 19.2 Å². The molecule has 54 heavy (non-hydrogen) atoms. The lowest BCUT2D eigenvalue weighted by atomic mass is 8.25. The van der Waals surface area contributed by atoms with Crippen molar-refractivity contribution in [2.75, 3.05) is 34.9 Å². The van der Waals surface area contributed by atoms with Crippen LogP contribution in [0.2, 0.25) is 0 Å². The number of hydrogen-bond acceptors (Lipinski definition) is 9. The lowest BCUT2D eigenvalue weighted by Gasteiger charge is -2.41. The number of likely N-dealkylation sites (N-methyl/N-ethyl adjacent to an activating group) is 2. The molecule has 1 saturated heterocycles. The number of amides is 4. The second-order valence-electron chi connectivity index (χ2n) is 15.5. The molecule has 0 saturated carbocycles. The molecule has 0 bridgehead atoms. The van der Waals surface area contributed by atoms with E-state index in [0.29, 0.717) is 19.4 Å². The summed E-state index contributed by atoms with van der Waals surface area (Å²) in [6, 6.07) is 7.77. The smallest absolute Gasteiger partial charge is 0.245 e. The quantitative estimate of drug-likeness (QED) is 0.164. The van der Waals surface area contributed by atoms with E-state index >= 15 is 0 Å². The van der Waals surface area contributed by atoms with E-state index in [2.05, 4.69) is 34.8 Å². The molecule has 3 N–H and O–H groups in total. The van der Waals surface area contributed by atoms with Gasteiger partial charge in [0.15, 0.2) is 0 Å².